The predicted octanol–water partition coefficient (Wildman–Crippen LogP) is 3.43. The third-order valence-electron chi connectivity index (χ3n) is 3.51. The van der Waals surface area contributed by atoms with Gasteiger partial charge in [-0.15, -0.1) is 0 Å². The summed E-state index contributed by atoms with van der Waals surface area (Å²) in [5.74, 6) is -0.855. The number of carbonyl (C=O) groups is 1. The Morgan fingerprint density at radius 1 is 1.58 bits per heavy atom. The number of halogens is 1. The van der Waals surface area contributed by atoms with E-state index in [1.54, 1.807) is 6.92 Å². The topological polar surface area (TPSA) is 59.4 Å². The molecule has 1 aliphatic rings. The highest BCUT2D eigenvalue weighted by atomic mass is 35.5. The molecule has 5 heteroatoms. The number of hydrogen-bond donors (Lipinski definition) is 1. The van der Waals surface area contributed by atoms with Gasteiger partial charge in [0.15, 0.2) is 0 Å². The van der Waals surface area contributed by atoms with E-state index in [0.29, 0.717) is 17.5 Å². The summed E-state index contributed by atoms with van der Waals surface area (Å²) in [6, 6.07) is 0. The van der Waals surface area contributed by atoms with E-state index < -0.39 is 5.97 Å². The van der Waals surface area contributed by atoms with Gasteiger partial charge >= 0.3 is 5.97 Å². The number of aliphatic carboxylic acids is 1. The molecule has 1 aromatic rings. The van der Waals surface area contributed by atoms with Crippen LogP contribution in [0.1, 0.15) is 54.7 Å². The summed E-state index contributed by atoms with van der Waals surface area (Å²) in [5.41, 5.74) is 3.27. The van der Waals surface area contributed by atoms with Crippen LogP contribution < -0.4 is 0 Å². The molecule has 1 aliphatic heterocycles. The fraction of sp³-hybridized carbons (Fsp3) is 0.571. The molecule has 0 radical (unpaired) electrons. The van der Waals surface area contributed by atoms with Gasteiger partial charge in [0.2, 0.25) is 0 Å². The van der Waals surface area contributed by atoms with Crippen molar-refractivity contribution in [3.05, 3.63) is 27.5 Å². The molecule has 1 unspecified atom stereocenters. The molecule has 0 aromatic carbocycles. The second-order valence-electron chi connectivity index (χ2n) is 4.87. The minimum absolute atomic E-state index is 0.0256. The lowest BCUT2D eigenvalue weighted by Gasteiger charge is -2.13. The number of pyridine rings is 1. The Bertz CT molecular complexity index is 502. The normalized spacial score (nSPS) is 17.5. The van der Waals surface area contributed by atoms with Crippen LogP contribution in [0.2, 0.25) is 5.15 Å². The maximum Gasteiger partial charge on any atom is 0.307 e. The molecular weight excluding hydrogens is 266 g/mol. The van der Waals surface area contributed by atoms with Gasteiger partial charge in [0, 0.05) is 11.3 Å². The summed E-state index contributed by atoms with van der Waals surface area (Å²) in [5, 5.41) is 9.46. The van der Waals surface area contributed by atoms with Crippen LogP contribution in [0.15, 0.2) is 0 Å². The second kappa shape index (κ2) is 5.88. The van der Waals surface area contributed by atoms with Crippen molar-refractivity contribution < 1.29 is 14.6 Å². The highest BCUT2D eigenvalue weighted by molar-refractivity contribution is 6.30. The van der Waals surface area contributed by atoms with Gasteiger partial charge in [0.1, 0.15) is 5.15 Å². The number of carboxylic acids is 1. The highest BCUT2D eigenvalue weighted by Crippen LogP contribution is 2.40. The van der Waals surface area contributed by atoms with E-state index in [2.05, 4.69) is 11.9 Å². The molecule has 0 fully saturated rings. The van der Waals surface area contributed by atoms with Gasteiger partial charge in [-0.3, -0.25) is 4.79 Å². The Hall–Kier alpha value is -1.13. The summed E-state index contributed by atoms with van der Waals surface area (Å²) in [4.78, 5) is 15.2. The van der Waals surface area contributed by atoms with Crippen molar-refractivity contribution in [1.29, 1.82) is 0 Å². The predicted molar refractivity (Wildman–Crippen MR) is 72.4 cm³/mol. The summed E-state index contributed by atoms with van der Waals surface area (Å²) in [6.45, 7) is 4.36. The van der Waals surface area contributed by atoms with E-state index in [4.69, 9.17) is 21.4 Å². The van der Waals surface area contributed by atoms with Crippen LogP contribution in [-0.2, 0) is 22.6 Å². The maximum absolute atomic E-state index is 11.0. The number of hydrogen-bond acceptors (Lipinski definition) is 3. The third-order valence-corrected chi connectivity index (χ3v) is 3.80. The van der Waals surface area contributed by atoms with Crippen molar-refractivity contribution in [3.8, 4) is 0 Å². The molecule has 0 amide bonds. The van der Waals surface area contributed by atoms with E-state index >= 15 is 0 Å². The van der Waals surface area contributed by atoms with Crippen molar-refractivity contribution in [2.75, 3.05) is 0 Å². The molecule has 0 saturated heterocycles. The van der Waals surface area contributed by atoms with E-state index in [0.717, 1.165) is 36.0 Å². The van der Waals surface area contributed by atoms with Gasteiger partial charge in [-0.2, -0.15) is 0 Å². The average Bonchev–Trinajstić information content (AvgIpc) is 2.75. The molecule has 1 N–H and O–H groups in total. The maximum atomic E-state index is 11.0. The summed E-state index contributed by atoms with van der Waals surface area (Å²) < 4.78 is 5.77. The van der Waals surface area contributed by atoms with Crippen LogP contribution in [0.5, 0.6) is 0 Å². The lowest BCUT2D eigenvalue weighted by Crippen LogP contribution is -2.08. The molecule has 0 saturated carbocycles. The molecule has 104 valence electrons. The zero-order chi connectivity index (χ0) is 14.0. The first kappa shape index (κ1) is 14.3. The van der Waals surface area contributed by atoms with Gasteiger partial charge in [-0.05, 0) is 24.5 Å². The molecule has 4 nitrogen and oxygen atoms in total. The monoisotopic (exact) mass is 283 g/mol. The lowest BCUT2D eigenvalue weighted by atomic mass is 9.96. The Balaban J connectivity index is 2.39. The number of aryl methyl sites for hydroxylation is 1. The van der Waals surface area contributed by atoms with E-state index in [1.165, 1.54) is 0 Å². The summed E-state index contributed by atoms with van der Waals surface area (Å²) in [7, 11) is 0. The zero-order valence-electron chi connectivity index (χ0n) is 11.2. The van der Waals surface area contributed by atoms with Crippen molar-refractivity contribution in [2.24, 2.45) is 0 Å². The minimum atomic E-state index is -0.855. The quantitative estimate of drug-likeness (QED) is 0.841. The Kier molecular flexibility index (Phi) is 4.42. The highest BCUT2D eigenvalue weighted by Gasteiger charge is 2.30. The number of fused-ring (bicyclic) bond motifs is 1. The molecular formula is C14H18ClNO3. The zero-order valence-corrected chi connectivity index (χ0v) is 12.0. The van der Waals surface area contributed by atoms with Crippen LogP contribution in [0.25, 0.3) is 0 Å². The van der Waals surface area contributed by atoms with Crippen molar-refractivity contribution in [1.82, 2.24) is 4.98 Å². The summed E-state index contributed by atoms with van der Waals surface area (Å²) >= 11 is 6.22. The van der Waals surface area contributed by atoms with Crippen LogP contribution in [0.3, 0.4) is 0 Å². The van der Waals surface area contributed by atoms with Gasteiger partial charge in [0.25, 0.3) is 0 Å². The molecule has 0 aliphatic carbocycles. The van der Waals surface area contributed by atoms with Crippen LogP contribution in [0.4, 0.5) is 0 Å². The van der Waals surface area contributed by atoms with Gasteiger partial charge in [0.05, 0.1) is 19.1 Å². The smallest absolute Gasteiger partial charge is 0.307 e. The number of carboxylic acid groups (broad SMARTS) is 1. The molecule has 19 heavy (non-hydrogen) atoms. The van der Waals surface area contributed by atoms with Crippen LogP contribution >= 0.6 is 11.6 Å². The number of ether oxygens (including phenoxy) is 1. The third kappa shape index (κ3) is 2.90. The van der Waals surface area contributed by atoms with Crippen molar-refractivity contribution in [2.45, 2.75) is 52.2 Å². The van der Waals surface area contributed by atoms with Crippen LogP contribution in [-0.4, -0.2) is 16.1 Å². The Morgan fingerprint density at radius 2 is 2.32 bits per heavy atom. The first-order chi connectivity index (χ1) is 9.04. The number of rotatable bonds is 5. The fourth-order valence-electron chi connectivity index (χ4n) is 2.54. The molecule has 2 heterocycles. The number of nitrogens with zero attached hydrogens (tertiary/aromatic N) is 1. The Labute approximate surface area is 117 Å². The standard InChI is InChI=1S/C14H18ClNO3/c1-3-4-5-11-13-10(7-19-11)9(6-12(17)18)8(2)16-14(13)15/h11H,3-7H2,1-2H3,(H,17,18). The molecule has 0 spiro atoms. The molecule has 1 atom stereocenters. The SMILES string of the molecule is CCCCC1OCc2c(CC(=O)O)c(C)nc(Cl)c21. The number of aromatic nitrogens is 1. The first-order valence-corrected chi connectivity index (χ1v) is 6.93. The van der Waals surface area contributed by atoms with Gasteiger partial charge in [-0.1, -0.05) is 31.4 Å². The lowest BCUT2D eigenvalue weighted by molar-refractivity contribution is -0.136. The largest absolute Gasteiger partial charge is 0.481 e. The van der Waals surface area contributed by atoms with Gasteiger partial charge in [-0.25, -0.2) is 4.98 Å². The van der Waals surface area contributed by atoms with E-state index in [-0.39, 0.29) is 12.5 Å². The van der Waals surface area contributed by atoms with Crippen LogP contribution in [0, 0.1) is 6.92 Å². The molecule has 2 rings (SSSR count). The summed E-state index contributed by atoms with van der Waals surface area (Å²) in [6.07, 6.45) is 2.99. The van der Waals surface area contributed by atoms with Gasteiger partial charge < -0.3 is 9.84 Å². The molecule has 1 aromatic heterocycles. The fourth-order valence-corrected chi connectivity index (χ4v) is 2.91. The molecule has 0 bridgehead atoms. The minimum Gasteiger partial charge on any atom is -0.481 e. The van der Waals surface area contributed by atoms with E-state index in [1.807, 2.05) is 0 Å². The average molecular weight is 284 g/mol. The van der Waals surface area contributed by atoms with Crippen molar-refractivity contribution in [3.63, 3.8) is 0 Å². The Morgan fingerprint density at radius 3 is 2.95 bits per heavy atom. The second-order valence-corrected chi connectivity index (χ2v) is 5.23. The van der Waals surface area contributed by atoms with E-state index in [9.17, 15) is 4.79 Å². The van der Waals surface area contributed by atoms with Crippen molar-refractivity contribution >= 4 is 17.6 Å². The first-order valence-electron chi connectivity index (χ1n) is 6.55. The number of unbranched alkanes of at least 4 members (excludes halogenated alkanes) is 1.